The summed E-state index contributed by atoms with van der Waals surface area (Å²) in [6.45, 7) is 3.78. The van der Waals surface area contributed by atoms with Crippen LogP contribution in [0, 0.1) is 6.92 Å². The fourth-order valence-electron chi connectivity index (χ4n) is 3.32. The average Bonchev–Trinajstić information content (AvgIpc) is 3.09. The summed E-state index contributed by atoms with van der Waals surface area (Å²) < 4.78 is 34.9. The van der Waals surface area contributed by atoms with Crippen molar-refractivity contribution in [2.75, 3.05) is 26.2 Å². The van der Waals surface area contributed by atoms with E-state index in [2.05, 4.69) is 9.89 Å². The van der Waals surface area contributed by atoms with E-state index < -0.39 is 12.5 Å². The first kappa shape index (κ1) is 20.8. The fourth-order valence-corrected chi connectivity index (χ4v) is 3.32. The number of carbonyl (C=O) groups is 2. The van der Waals surface area contributed by atoms with Crippen LogP contribution in [-0.4, -0.2) is 59.6 Å². The number of nitrogens with zero attached hydrogens (tertiary/aromatic N) is 3. The van der Waals surface area contributed by atoms with Crippen molar-refractivity contribution in [3.8, 4) is 5.75 Å². The molecule has 1 aromatic carbocycles. The number of rotatable bonds is 5. The standard InChI is InChI=1S/C20H23F2N3O4/c1-12(2)17-16(13(3)23-29-17)19(27)25-10-8-24(9-11-25)18(26)14-6-4-5-7-15(14)28-20(21)22/h4-7,12,20H,8-11H2,1-3H3. The quantitative estimate of drug-likeness (QED) is 0.760. The Hall–Kier alpha value is -2.97. The van der Waals surface area contributed by atoms with Gasteiger partial charge in [-0.3, -0.25) is 9.59 Å². The van der Waals surface area contributed by atoms with Crippen LogP contribution in [0.25, 0.3) is 0 Å². The van der Waals surface area contributed by atoms with Gasteiger partial charge in [-0.2, -0.15) is 8.78 Å². The first-order chi connectivity index (χ1) is 13.8. The Morgan fingerprint density at radius 3 is 2.24 bits per heavy atom. The first-order valence-electron chi connectivity index (χ1n) is 9.38. The third-order valence-electron chi connectivity index (χ3n) is 4.81. The molecule has 0 saturated carbocycles. The Morgan fingerprint density at radius 2 is 1.66 bits per heavy atom. The summed E-state index contributed by atoms with van der Waals surface area (Å²) in [5, 5.41) is 3.91. The molecule has 156 valence electrons. The lowest BCUT2D eigenvalue weighted by atomic mass is 10.0. The molecule has 1 aliphatic rings. The second kappa shape index (κ2) is 8.59. The molecule has 0 spiro atoms. The summed E-state index contributed by atoms with van der Waals surface area (Å²) in [6.07, 6.45) is 0. The number of aryl methyl sites for hydroxylation is 1. The Labute approximate surface area is 167 Å². The van der Waals surface area contributed by atoms with Crippen molar-refractivity contribution in [2.24, 2.45) is 0 Å². The van der Waals surface area contributed by atoms with Gasteiger partial charge >= 0.3 is 6.61 Å². The summed E-state index contributed by atoms with van der Waals surface area (Å²) in [5.41, 5.74) is 1.08. The Morgan fingerprint density at radius 1 is 1.07 bits per heavy atom. The molecule has 1 aromatic heterocycles. The minimum Gasteiger partial charge on any atom is -0.434 e. The van der Waals surface area contributed by atoms with Crippen LogP contribution in [0.3, 0.4) is 0 Å². The van der Waals surface area contributed by atoms with Crippen molar-refractivity contribution >= 4 is 11.8 Å². The molecular formula is C20H23F2N3O4. The number of benzene rings is 1. The minimum absolute atomic E-state index is 0.0179. The van der Waals surface area contributed by atoms with Crippen LogP contribution in [0.4, 0.5) is 8.78 Å². The second-order valence-corrected chi connectivity index (χ2v) is 7.12. The largest absolute Gasteiger partial charge is 0.434 e. The van der Waals surface area contributed by atoms with E-state index in [1.54, 1.807) is 17.9 Å². The summed E-state index contributed by atoms with van der Waals surface area (Å²) in [6, 6.07) is 5.90. The number of hydrogen-bond acceptors (Lipinski definition) is 5. The molecule has 2 heterocycles. The van der Waals surface area contributed by atoms with Crippen molar-refractivity contribution in [1.82, 2.24) is 15.0 Å². The number of alkyl halides is 2. The number of amides is 2. The van der Waals surface area contributed by atoms with E-state index in [0.717, 1.165) is 0 Å². The molecule has 0 radical (unpaired) electrons. The number of hydrogen-bond donors (Lipinski definition) is 0. The predicted molar refractivity (Wildman–Crippen MR) is 100 cm³/mol. The van der Waals surface area contributed by atoms with Gasteiger partial charge in [-0.15, -0.1) is 0 Å². The minimum atomic E-state index is -3.01. The molecule has 2 amide bonds. The molecule has 1 saturated heterocycles. The number of piperazine rings is 1. The highest BCUT2D eigenvalue weighted by Gasteiger charge is 2.31. The molecule has 1 fully saturated rings. The van der Waals surface area contributed by atoms with E-state index in [0.29, 0.717) is 30.1 Å². The summed E-state index contributed by atoms with van der Waals surface area (Å²) in [5.74, 6) is -0.181. The second-order valence-electron chi connectivity index (χ2n) is 7.12. The smallest absolute Gasteiger partial charge is 0.387 e. The Bertz CT molecular complexity index is 890. The summed E-state index contributed by atoms with van der Waals surface area (Å²) in [7, 11) is 0. The van der Waals surface area contributed by atoms with Gasteiger partial charge in [-0.25, -0.2) is 0 Å². The van der Waals surface area contributed by atoms with Crippen LogP contribution < -0.4 is 4.74 Å². The lowest BCUT2D eigenvalue weighted by Crippen LogP contribution is -2.50. The molecule has 7 nitrogen and oxygen atoms in total. The van der Waals surface area contributed by atoms with Crippen molar-refractivity contribution in [3.63, 3.8) is 0 Å². The van der Waals surface area contributed by atoms with Gasteiger partial charge in [0.15, 0.2) is 5.76 Å². The topological polar surface area (TPSA) is 75.9 Å². The summed E-state index contributed by atoms with van der Waals surface area (Å²) in [4.78, 5) is 28.9. The maximum absolute atomic E-state index is 12.9. The van der Waals surface area contributed by atoms with Crippen molar-refractivity contribution < 1.29 is 27.6 Å². The zero-order valence-electron chi connectivity index (χ0n) is 16.5. The third kappa shape index (κ3) is 4.38. The van der Waals surface area contributed by atoms with Gasteiger partial charge in [-0.05, 0) is 19.1 Å². The number of para-hydroxylation sites is 1. The van der Waals surface area contributed by atoms with Crippen molar-refractivity contribution in [2.45, 2.75) is 33.3 Å². The van der Waals surface area contributed by atoms with Crippen LogP contribution in [-0.2, 0) is 0 Å². The van der Waals surface area contributed by atoms with Gasteiger partial charge < -0.3 is 19.1 Å². The number of carbonyl (C=O) groups excluding carboxylic acids is 2. The highest BCUT2D eigenvalue weighted by molar-refractivity contribution is 5.98. The van der Waals surface area contributed by atoms with Gasteiger partial charge in [0.2, 0.25) is 0 Å². The molecule has 29 heavy (non-hydrogen) atoms. The Kier molecular flexibility index (Phi) is 6.14. The maximum atomic E-state index is 12.9. The summed E-state index contributed by atoms with van der Waals surface area (Å²) >= 11 is 0. The van der Waals surface area contributed by atoms with Gasteiger partial charge in [-0.1, -0.05) is 31.1 Å². The van der Waals surface area contributed by atoms with E-state index in [-0.39, 0.29) is 36.2 Å². The third-order valence-corrected chi connectivity index (χ3v) is 4.81. The van der Waals surface area contributed by atoms with Gasteiger partial charge in [0, 0.05) is 32.1 Å². The first-order valence-corrected chi connectivity index (χ1v) is 9.38. The monoisotopic (exact) mass is 407 g/mol. The van der Waals surface area contributed by atoms with E-state index in [9.17, 15) is 18.4 Å². The lowest BCUT2D eigenvalue weighted by Gasteiger charge is -2.35. The lowest BCUT2D eigenvalue weighted by molar-refractivity contribution is -0.0503. The number of aromatic nitrogens is 1. The van der Waals surface area contributed by atoms with Crippen LogP contribution in [0.2, 0.25) is 0 Å². The maximum Gasteiger partial charge on any atom is 0.387 e. The number of halogens is 2. The SMILES string of the molecule is Cc1noc(C(C)C)c1C(=O)N1CCN(C(=O)c2ccccc2OC(F)F)CC1. The fraction of sp³-hybridized carbons (Fsp3) is 0.450. The van der Waals surface area contributed by atoms with Crippen molar-refractivity contribution in [1.29, 1.82) is 0 Å². The molecular weight excluding hydrogens is 384 g/mol. The molecule has 3 rings (SSSR count). The van der Waals surface area contributed by atoms with E-state index in [1.807, 2.05) is 13.8 Å². The zero-order valence-corrected chi connectivity index (χ0v) is 16.5. The molecule has 0 atom stereocenters. The van der Waals surface area contributed by atoms with E-state index in [4.69, 9.17) is 4.52 Å². The zero-order chi connectivity index (χ0) is 21.1. The molecule has 1 aliphatic heterocycles. The van der Waals surface area contributed by atoms with Crippen LogP contribution in [0.5, 0.6) is 5.75 Å². The predicted octanol–water partition coefficient (Wildman–Crippen LogP) is 3.31. The van der Waals surface area contributed by atoms with Crippen LogP contribution in [0.15, 0.2) is 28.8 Å². The molecule has 9 heteroatoms. The van der Waals surface area contributed by atoms with E-state index in [1.165, 1.54) is 23.1 Å². The van der Waals surface area contributed by atoms with Crippen LogP contribution in [0.1, 0.15) is 51.9 Å². The molecule has 2 aromatic rings. The van der Waals surface area contributed by atoms with E-state index >= 15 is 0 Å². The highest BCUT2D eigenvalue weighted by Crippen LogP contribution is 2.25. The van der Waals surface area contributed by atoms with Gasteiger partial charge in [0.05, 0.1) is 11.3 Å². The molecule has 0 N–H and O–H groups in total. The normalized spacial score (nSPS) is 14.6. The van der Waals surface area contributed by atoms with Gasteiger partial charge in [0.1, 0.15) is 11.3 Å². The molecule has 0 unspecified atom stereocenters. The highest BCUT2D eigenvalue weighted by atomic mass is 19.3. The number of ether oxygens (including phenoxy) is 1. The molecule has 0 aliphatic carbocycles. The molecule has 0 bridgehead atoms. The van der Waals surface area contributed by atoms with Crippen molar-refractivity contribution in [3.05, 3.63) is 46.8 Å². The Balaban J connectivity index is 1.69. The van der Waals surface area contributed by atoms with Gasteiger partial charge in [0.25, 0.3) is 11.8 Å². The average molecular weight is 407 g/mol. The van der Waals surface area contributed by atoms with Crippen LogP contribution >= 0.6 is 0 Å².